The van der Waals surface area contributed by atoms with Crippen molar-refractivity contribution in [3.05, 3.63) is 0 Å². The lowest BCUT2D eigenvalue weighted by atomic mass is 9.83. The van der Waals surface area contributed by atoms with E-state index in [4.69, 9.17) is 0 Å². The fraction of sp³-hybridized carbons (Fsp3) is 1.00. The van der Waals surface area contributed by atoms with Crippen molar-refractivity contribution < 1.29 is 0 Å². The normalized spacial score (nSPS) is 34.6. The molecule has 0 aromatic heterocycles. The first-order valence-electron chi connectivity index (χ1n) is 7.18. The van der Waals surface area contributed by atoms with Crippen LogP contribution in [0.2, 0.25) is 0 Å². The Hall–Kier alpha value is 0.210. The molecule has 0 spiro atoms. The van der Waals surface area contributed by atoms with E-state index in [-0.39, 0.29) is 12.4 Å². The van der Waals surface area contributed by atoms with Gasteiger partial charge in [0.2, 0.25) is 0 Å². The fourth-order valence-corrected chi connectivity index (χ4v) is 3.45. The monoisotopic (exact) mass is 260 g/mol. The minimum absolute atomic E-state index is 0. The van der Waals surface area contributed by atoms with Gasteiger partial charge < -0.3 is 5.32 Å². The highest BCUT2D eigenvalue weighted by Crippen LogP contribution is 2.30. The highest BCUT2D eigenvalue weighted by molar-refractivity contribution is 5.85. The lowest BCUT2D eigenvalue weighted by Crippen LogP contribution is -2.40. The second kappa shape index (κ2) is 7.60. The molecule has 0 aromatic rings. The van der Waals surface area contributed by atoms with E-state index in [9.17, 15) is 0 Å². The second-order valence-electron chi connectivity index (χ2n) is 5.97. The quantitative estimate of drug-likeness (QED) is 0.836. The highest BCUT2D eigenvalue weighted by Gasteiger charge is 2.27. The maximum Gasteiger partial charge on any atom is 0.0221 e. The van der Waals surface area contributed by atoms with E-state index in [2.05, 4.69) is 24.2 Å². The van der Waals surface area contributed by atoms with E-state index >= 15 is 0 Å². The van der Waals surface area contributed by atoms with Crippen molar-refractivity contribution in [2.24, 2.45) is 11.8 Å². The second-order valence-corrected chi connectivity index (χ2v) is 5.97. The van der Waals surface area contributed by atoms with E-state index in [1.807, 2.05) is 0 Å². The average molecular weight is 261 g/mol. The summed E-state index contributed by atoms with van der Waals surface area (Å²) >= 11 is 0. The van der Waals surface area contributed by atoms with Gasteiger partial charge in [0.1, 0.15) is 0 Å². The Kier molecular flexibility index (Phi) is 6.83. The van der Waals surface area contributed by atoms with E-state index in [1.165, 1.54) is 58.2 Å². The molecule has 1 heterocycles. The van der Waals surface area contributed by atoms with Crippen LogP contribution in [0.1, 0.15) is 45.4 Å². The molecule has 0 amide bonds. The van der Waals surface area contributed by atoms with Crippen molar-refractivity contribution in [1.82, 2.24) is 10.2 Å². The van der Waals surface area contributed by atoms with Crippen molar-refractivity contribution in [2.45, 2.75) is 51.5 Å². The predicted octanol–water partition coefficient (Wildman–Crippen LogP) is 2.92. The van der Waals surface area contributed by atoms with Gasteiger partial charge in [-0.05, 0) is 51.1 Å². The molecule has 1 N–H and O–H groups in total. The van der Waals surface area contributed by atoms with E-state index < -0.39 is 0 Å². The molecule has 1 saturated carbocycles. The fourth-order valence-electron chi connectivity index (χ4n) is 3.45. The van der Waals surface area contributed by atoms with Crippen molar-refractivity contribution >= 4 is 12.4 Å². The van der Waals surface area contributed by atoms with Gasteiger partial charge in [-0.25, -0.2) is 0 Å². The van der Waals surface area contributed by atoms with Crippen LogP contribution >= 0.6 is 12.4 Å². The molecule has 1 atom stereocenters. The number of likely N-dealkylation sites (N-methyl/N-ethyl adjacent to an activating group) is 1. The number of halogens is 1. The smallest absolute Gasteiger partial charge is 0.0221 e. The summed E-state index contributed by atoms with van der Waals surface area (Å²) in [4.78, 5) is 2.75. The molecule has 1 saturated heterocycles. The van der Waals surface area contributed by atoms with Crippen LogP contribution in [-0.4, -0.2) is 37.6 Å². The molecule has 2 nitrogen and oxygen atoms in total. The molecule has 2 rings (SSSR count). The zero-order chi connectivity index (χ0) is 11.4. The number of nitrogens with zero attached hydrogens (tertiary/aromatic N) is 1. The number of hydrogen-bond donors (Lipinski definition) is 1. The SMILES string of the molecule is CNCC1CCCN1CC1CCC(C)CC1.Cl. The molecule has 1 aliphatic heterocycles. The van der Waals surface area contributed by atoms with Gasteiger partial charge in [-0.3, -0.25) is 4.90 Å². The Morgan fingerprint density at radius 3 is 2.47 bits per heavy atom. The van der Waals surface area contributed by atoms with Gasteiger partial charge >= 0.3 is 0 Å². The Labute approximate surface area is 113 Å². The van der Waals surface area contributed by atoms with E-state index in [0.717, 1.165) is 17.9 Å². The van der Waals surface area contributed by atoms with Crippen LogP contribution in [0.25, 0.3) is 0 Å². The topological polar surface area (TPSA) is 15.3 Å². The molecule has 3 heteroatoms. The summed E-state index contributed by atoms with van der Waals surface area (Å²) < 4.78 is 0. The van der Waals surface area contributed by atoms with Gasteiger partial charge in [0.25, 0.3) is 0 Å². The van der Waals surface area contributed by atoms with Gasteiger partial charge in [-0.15, -0.1) is 12.4 Å². The first kappa shape index (κ1) is 15.3. The van der Waals surface area contributed by atoms with Crippen LogP contribution in [0.3, 0.4) is 0 Å². The summed E-state index contributed by atoms with van der Waals surface area (Å²) in [6, 6.07) is 0.823. The van der Waals surface area contributed by atoms with Crippen molar-refractivity contribution in [3.8, 4) is 0 Å². The van der Waals surface area contributed by atoms with Crippen LogP contribution < -0.4 is 5.32 Å². The zero-order valence-electron chi connectivity index (χ0n) is 11.5. The van der Waals surface area contributed by atoms with Crippen molar-refractivity contribution in [1.29, 1.82) is 0 Å². The third-order valence-electron chi connectivity index (χ3n) is 4.57. The third-order valence-corrected chi connectivity index (χ3v) is 4.57. The summed E-state index contributed by atoms with van der Waals surface area (Å²) in [5.74, 6) is 1.98. The van der Waals surface area contributed by atoms with Crippen LogP contribution in [0.4, 0.5) is 0 Å². The molecule has 1 unspecified atom stereocenters. The summed E-state index contributed by atoms with van der Waals surface area (Å²) in [6.07, 6.45) is 8.71. The molecule has 2 fully saturated rings. The number of rotatable bonds is 4. The Morgan fingerprint density at radius 1 is 1.12 bits per heavy atom. The molecular formula is C14H29ClN2. The van der Waals surface area contributed by atoms with Gasteiger partial charge in [-0.1, -0.05) is 19.8 Å². The minimum Gasteiger partial charge on any atom is -0.318 e. The summed E-state index contributed by atoms with van der Waals surface area (Å²) in [5.41, 5.74) is 0. The third kappa shape index (κ3) is 4.42. The minimum atomic E-state index is 0. The number of hydrogen-bond acceptors (Lipinski definition) is 2. The molecule has 0 bridgehead atoms. The molecule has 0 aromatic carbocycles. The Morgan fingerprint density at radius 2 is 1.82 bits per heavy atom. The van der Waals surface area contributed by atoms with Crippen molar-refractivity contribution in [3.63, 3.8) is 0 Å². The van der Waals surface area contributed by atoms with Gasteiger partial charge in [0, 0.05) is 19.1 Å². The molecule has 17 heavy (non-hydrogen) atoms. The first-order chi connectivity index (χ1) is 7.79. The molecule has 0 radical (unpaired) electrons. The maximum absolute atomic E-state index is 3.34. The predicted molar refractivity (Wildman–Crippen MR) is 76.9 cm³/mol. The standard InChI is InChI=1S/C14H28N2.ClH/c1-12-5-7-13(8-6-12)11-16-9-3-4-14(16)10-15-2;/h12-15H,3-11H2,1-2H3;1H. The average Bonchev–Trinajstić information content (AvgIpc) is 2.70. The van der Waals surface area contributed by atoms with Crippen LogP contribution in [0, 0.1) is 11.8 Å². The number of nitrogens with one attached hydrogen (secondary N) is 1. The maximum atomic E-state index is 3.34. The Bertz CT molecular complexity index is 202. The first-order valence-corrected chi connectivity index (χ1v) is 7.18. The van der Waals surface area contributed by atoms with E-state index in [1.54, 1.807) is 0 Å². The summed E-state index contributed by atoms with van der Waals surface area (Å²) in [6.45, 7) is 6.32. The van der Waals surface area contributed by atoms with Crippen LogP contribution in [0.15, 0.2) is 0 Å². The molecule has 2 aliphatic rings. The molecule has 102 valence electrons. The van der Waals surface area contributed by atoms with Crippen LogP contribution in [-0.2, 0) is 0 Å². The van der Waals surface area contributed by atoms with Crippen molar-refractivity contribution in [2.75, 3.05) is 26.7 Å². The zero-order valence-corrected chi connectivity index (χ0v) is 12.3. The molecule has 1 aliphatic carbocycles. The highest BCUT2D eigenvalue weighted by atomic mass is 35.5. The molecular weight excluding hydrogens is 232 g/mol. The summed E-state index contributed by atoms with van der Waals surface area (Å²) in [7, 11) is 2.08. The van der Waals surface area contributed by atoms with Gasteiger partial charge in [0.05, 0.1) is 0 Å². The largest absolute Gasteiger partial charge is 0.318 e. The number of likely N-dealkylation sites (tertiary alicyclic amines) is 1. The lowest BCUT2D eigenvalue weighted by molar-refractivity contribution is 0.172. The summed E-state index contributed by atoms with van der Waals surface area (Å²) in [5, 5.41) is 3.34. The van der Waals surface area contributed by atoms with Gasteiger partial charge in [0.15, 0.2) is 0 Å². The lowest BCUT2D eigenvalue weighted by Gasteiger charge is -2.32. The van der Waals surface area contributed by atoms with Gasteiger partial charge in [-0.2, -0.15) is 0 Å². The Balaban J connectivity index is 0.00000144. The van der Waals surface area contributed by atoms with Crippen LogP contribution in [0.5, 0.6) is 0 Å². The van der Waals surface area contributed by atoms with E-state index in [0.29, 0.717) is 0 Å².